The van der Waals surface area contributed by atoms with Crippen LogP contribution in [0.25, 0.3) is 6.08 Å². The number of urea groups is 1. The van der Waals surface area contributed by atoms with Crippen LogP contribution in [0.3, 0.4) is 0 Å². The van der Waals surface area contributed by atoms with Gasteiger partial charge in [0.1, 0.15) is 6.29 Å². The molecule has 0 saturated heterocycles. The maximum atomic E-state index is 11.7. The predicted molar refractivity (Wildman–Crippen MR) is 75.3 cm³/mol. The zero-order chi connectivity index (χ0) is 14.4. The number of rotatable bonds is 4. The maximum Gasteiger partial charge on any atom is 0.326 e. The molecule has 20 heavy (non-hydrogen) atoms. The van der Waals surface area contributed by atoms with Crippen LogP contribution in [-0.2, 0) is 4.79 Å². The van der Waals surface area contributed by atoms with E-state index < -0.39 is 6.03 Å². The predicted octanol–water partition coefficient (Wildman–Crippen LogP) is 1.91. The molecule has 0 aliphatic carbocycles. The van der Waals surface area contributed by atoms with Gasteiger partial charge >= 0.3 is 6.03 Å². The highest BCUT2D eigenvalue weighted by molar-refractivity contribution is 5.99. The van der Waals surface area contributed by atoms with Gasteiger partial charge in [-0.1, -0.05) is 18.2 Å². The summed E-state index contributed by atoms with van der Waals surface area (Å²) in [7, 11) is 0. The van der Waals surface area contributed by atoms with Gasteiger partial charge in [0.05, 0.1) is 5.69 Å². The molecule has 2 rings (SSSR count). The van der Waals surface area contributed by atoms with Crippen molar-refractivity contribution in [3.8, 4) is 0 Å². The third-order valence-electron chi connectivity index (χ3n) is 2.50. The lowest BCUT2D eigenvalue weighted by Crippen LogP contribution is -2.33. The molecule has 0 spiro atoms. The van der Waals surface area contributed by atoms with E-state index >= 15 is 0 Å². The molecular weight excluding hydrogens is 256 g/mol. The zero-order valence-electron chi connectivity index (χ0n) is 10.5. The second-order valence-electron chi connectivity index (χ2n) is 3.78. The third-order valence-corrected chi connectivity index (χ3v) is 2.50. The van der Waals surface area contributed by atoms with Crippen molar-refractivity contribution < 1.29 is 9.59 Å². The molecule has 1 aromatic heterocycles. The average Bonchev–Trinajstić information content (AvgIpc) is 2.47. The normalized spacial score (nSPS) is 10.4. The first-order valence-corrected chi connectivity index (χ1v) is 5.81. The smallest absolute Gasteiger partial charge is 0.326 e. The maximum absolute atomic E-state index is 11.7. The van der Waals surface area contributed by atoms with E-state index in [1.165, 1.54) is 23.4 Å². The van der Waals surface area contributed by atoms with Gasteiger partial charge in [-0.15, -0.1) is 0 Å². The Balaban J connectivity index is 2.53. The van der Waals surface area contributed by atoms with Crippen molar-refractivity contribution in [2.24, 2.45) is 5.73 Å². The number of hydrogen-bond donors (Lipinski definition) is 1. The molecule has 0 unspecified atom stereocenters. The number of allylic oxidation sites excluding steroid dienone is 1. The second kappa shape index (κ2) is 6.24. The molecule has 1 aromatic carbocycles. The number of aromatic nitrogens is 2. The van der Waals surface area contributed by atoms with Crippen LogP contribution in [0.1, 0.15) is 5.56 Å². The summed E-state index contributed by atoms with van der Waals surface area (Å²) in [6.07, 6.45) is 6.61. The lowest BCUT2D eigenvalue weighted by Gasteiger charge is -2.20. The zero-order valence-corrected chi connectivity index (χ0v) is 10.5. The molecule has 0 atom stereocenters. The Hall–Kier alpha value is -3.02. The van der Waals surface area contributed by atoms with Crippen LogP contribution in [-0.4, -0.2) is 22.3 Å². The summed E-state index contributed by atoms with van der Waals surface area (Å²) >= 11 is 0. The van der Waals surface area contributed by atoms with E-state index in [9.17, 15) is 9.59 Å². The first-order valence-electron chi connectivity index (χ1n) is 5.81. The molecule has 2 aromatic rings. The fourth-order valence-corrected chi connectivity index (χ4v) is 1.71. The van der Waals surface area contributed by atoms with Crippen molar-refractivity contribution in [3.63, 3.8) is 0 Å². The number of primary amides is 1. The Bertz CT molecular complexity index is 641. The number of benzene rings is 1. The molecule has 0 saturated carbocycles. The van der Waals surface area contributed by atoms with Gasteiger partial charge in [0.2, 0.25) is 5.95 Å². The van der Waals surface area contributed by atoms with Gasteiger partial charge in [0.25, 0.3) is 0 Å². The Morgan fingerprint density at radius 1 is 1.15 bits per heavy atom. The van der Waals surface area contributed by atoms with Gasteiger partial charge in [-0.2, -0.15) is 0 Å². The highest BCUT2D eigenvalue weighted by Crippen LogP contribution is 2.26. The minimum absolute atomic E-state index is 0.173. The van der Waals surface area contributed by atoms with E-state index in [2.05, 4.69) is 9.97 Å². The minimum Gasteiger partial charge on any atom is -0.351 e. The van der Waals surface area contributed by atoms with E-state index in [0.717, 1.165) is 0 Å². The fraction of sp³-hybridized carbons (Fsp3) is 0. The highest BCUT2D eigenvalue weighted by atomic mass is 16.2. The van der Waals surface area contributed by atoms with Crippen LogP contribution in [0, 0.1) is 0 Å². The van der Waals surface area contributed by atoms with Crippen LogP contribution in [0.2, 0.25) is 0 Å². The lowest BCUT2D eigenvalue weighted by molar-refractivity contribution is -0.104. The lowest BCUT2D eigenvalue weighted by atomic mass is 10.1. The third kappa shape index (κ3) is 2.86. The number of para-hydroxylation sites is 1. The molecule has 100 valence electrons. The molecule has 6 heteroatoms. The molecule has 2 N–H and O–H groups in total. The van der Waals surface area contributed by atoms with Gasteiger partial charge in [0.15, 0.2) is 0 Å². The average molecular weight is 268 g/mol. The van der Waals surface area contributed by atoms with E-state index in [1.807, 2.05) is 0 Å². The van der Waals surface area contributed by atoms with Gasteiger partial charge in [0, 0.05) is 12.4 Å². The molecule has 1 heterocycles. The first kappa shape index (κ1) is 13.4. The number of nitrogens with two attached hydrogens (primary N) is 1. The van der Waals surface area contributed by atoms with E-state index in [4.69, 9.17) is 5.73 Å². The number of hydrogen-bond acceptors (Lipinski definition) is 4. The van der Waals surface area contributed by atoms with Crippen molar-refractivity contribution >= 4 is 30.0 Å². The van der Waals surface area contributed by atoms with E-state index in [0.29, 0.717) is 17.5 Å². The molecular formula is C14H12N4O2. The molecule has 0 radical (unpaired) electrons. The summed E-state index contributed by atoms with van der Waals surface area (Å²) in [6, 6.07) is 7.94. The Morgan fingerprint density at radius 2 is 1.85 bits per heavy atom. The monoisotopic (exact) mass is 268 g/mol. The molecule has 0 aliphatic rings. The second-order valence-corrected chi connectivity index (χ2v) is 3.78. The van der Waals surface area contributed by atoms with E-state index in [1.54, 1.807) is 36.4 Å². The summed E-state index contributed by atoms with van der Waals surface area (Å²) in [5.74, 6) is 0.173. The first-order chi connectivity index (χ1) is 9.74. The standard InChI is InChI=1S/C14H12N4O2/c15-13(20)18(14-16-8-4-9-17-14)12-7-2-1-5-11(12)6-3-10-19/h1-10H,(H2,15,20)/b6-3+. The van der Waals surface area contributed by atoms with Crippen molar-refractivity contribution in [1.29, 1.82) is 0 Å². The largest absolute Gasteiger partial charge is 0.351 e. The van der Waals surface area contributed by atoms with Crippen LogP contribution >= 0.6 is 0 Å². The number of carbonyl (C=O) groups is 2. The Kier molecular flexibility index (Phi) is 4.18. The summed E-state index contributed by atoms with van der Waals surface area (Å²) in [4.78, 5) is 31.4. The van der Waals surface area contributed by atoms with Crippen LogP contribution in [0.5, 0.6) is 0 Å². The van der Waals surface area contributed by atoms with Crippen LogP contribution < -0.4 is 10.6 Å². The molecule has 0 aliphatic heterocycles. The van der Waals surface area contributed by atoms with Crippen LogP contribution in [0.4, 0.5) is 16.4 Å². The summed E-state index contributed by atoms with van der Waals surface area (Å²) < 4.78 is 0. The number of nitrogens with zero attached hydrogens (tertiary/aromatic N) is 3. The summed E-state index contributed by atoms with van der Waals surface area (Å²) in [6.45, 7) is 0. The van der Waals surface area contributed by atoms with Crippen LogP contribution in [0.15, 0.2) is 48.8 Å². The van der Waals surface area contributed by atoms with E-state index in [-0.39, 0.29) is 5.95 Å². The van der Waals surface area contributed by atoms with Gasteiger partial charge in [-0.05, 0) is 29.8 Å². The van der Waals surface area contributed by atoms with Gasteiger partial charge in [-0.25, -0.2) is 19.7 Å². The number of carbonyl (C=O) groups excluding carboxylic acids is 2. The van der Waals surface area contributed by atoms with Gasteiger partial charge in [-0.3, -0.25) is 4.79 Å². The number of anilines is 2. The van der Waals surface area contributed by atoms with Gasteiger partial charge < -0.3 is 5.73 Å². The molecule has 2 amide bonds. The summed E-state index contributed by atoms with van der Waals surface area (Å²) in [5, 5.41) is 0. The fourth-order valence-electron chi connectivity index (χ4n) is 1.71. The van der Waals surface area contributed by atoms with Crippen molar-refractivity contribution in [2.75, 3.05) is 4.90 Å². The topological polar surface area (TPSA) is 89.2 Å². The Labute approximate surface area is 115 Å². The van der Waals surface area contributed by atoms with Crippen molar-refractivity contribution in [3.05, 3.63) is 54.4 Å². The quantitative estimate of drug-likeness (QED) is 0.677. The minimum atomic E-state index is -0.705. The SMILES string of the molecule is NC(=O)N(c1ncccn1)c1ccccc1/C=C/C=O. The van der Waals surface area contributed by atoms with Crippen molar-refractivity contribution in [1.82, 2.24) is 9.97 Å². The molecule has 0 bridgehead atoms. The number of aldehydes is 1. The number of amides is 2. The van der Waals surface area contributed by atoms with Crippen molar-refractivity contribution in [2.45, 2.75) is 0 Å². The molecule has 0 fully saturated rings. The summed E-state index contributed by atoms with van der Waals surface area (Å²) in [5.41, 5.74) is 6.57. The molecule has 6 nitrogen and oxygen atoms in total. The highest BCUT2D eigenvalue weighted by Gasteiger charge is 2.19. The Morgan fingerprint density at radius 3 is 2.50 bits per heavy atom.